The molecule has 3 rings (SSSR count). The molecule has 0 bridgehead atoms. The Bertz CT molecular complexity index is 680. The highest BCUT2D eigenvalue weighted by atomic mass is 79.9. The van der Waals surface area contributed by atoms with Crippen molar-refractivity contribution < 1.29 is 0 Å². The van der Waals surface area contributed by atoms with Gasteiger partial charge in [0.05, 0.1) is 17.4 Å². The zero-order valence-corrected chi connectivity index (χ0v) is 11.9. The van der Waals surface area contributed by atoms with Crippen molar-refractivity contribution in [3.05, 3.63) is 38.9 Å². The lowest BCUT2D eigenvalue weighted by molar-refractivity contribution is 0.183. The van der Waals surface area contributed by atoms with Gasteiger partial charge in [0.2, 0.25) is 0 Å². The minimum atomic E-state index is 0.0717. The van der Waals surface area contributed by atoms with E-state index in [4.69, 9.17) is 0 Å². The van der Waals surface area contributed by atoms with Gasteiger partial charge in [0, 0.05) is 17.1 Å². The minimum Gasteiger partial charge on any atom is -0.295 e. The zero-order chi connectivity index (χ0) is 12.9. The van der Waals surface area contributed by atoms with Crippen LogP contribution in [0.15, 0.2) is 27.5 Å². The molecule has 0 spiro atoms. The van der Waals surface area contributed by atoms with Gasteiger partial charge in [0.15, 0.2) is 0 Å². The lowest BCUT2D eigenvalue weighted by atomic mass is 10.2. The predicted molar refractivity (Wildman–Crippen MR) is 74.6 cm³/mol. The van der Waals surface area contributed by atoms with Crippen molar-refractivity contribution in [3.8, 4) is 0 Å². The summed E-state index contributed by atoms with van der Waals surface area (Å²) in [6.07, 6.45) is 0. The molecular formula is C13H14BrN3O. The highest BCUT2D eigenvalue weighted by Gasteiger charge is 2.22. The average Bonchev–Trinajstić information content (AvgIpc) is 2.32. The number of nitrogens with zero attached hydrogens (tertiary/aromatic N) is 3. The number of benzene rings is 1. The minimum absolute atomic E-state index is 0.0717. The van der Waals surface area contributed by atoms with Crippen LogP contribution in [0.5, 0.6) is 0 Å². The van der Waals surface area contributed by atoms with Crippen LogP contribution < -0.4 is 5.56 Å². The molecule has 1 aliphatic rings. The van der Waals surface area contributed by atoms with Crippen LogP contribution in [-0.4, -0.2) is 27.5 Å². The van der Waals surface area contributed by atoms with Crippen LogP contribution in [-0.2, 0) is 13.1 Å². The molecule has 4 nitrogen and oxygen atoms in total. The molecule has 94 valence electrons. The van der Waals surface area contributed by atoms with Gasteiger partial charge in [-0.2, -0.15) is 0 Å². The van der Waals surface area contributed by atoms with Gasteiger partial charge >= 0.3 is 0 Å². The quantitative estimate of drug-likeness (QED) is 0.747. The maximum atomic E-state index is 12.4. The van der Waals surface area contributed by atoms with Gasteiger partial charge in [-0.05, 0) is 32.2 Å². The SMILES string of the molecule is CC1Cn2c(nc3cc(Br)ccc3c2=O)CN1C. The van der Waals surface area contributed by atoms with Crippen molar-refractivity contribution in [1.29, 1.82) is 0 Å². The summed E-state index contributed by atoms with van der Waals surface area (Å²) in [5.41, 5.74) is 0.839. The Hall–Kier alpha value is -1.20. The first-order chi connectivity index (χ1) is 8.56. The molecule has 0 amide bonds. The fraction of sp³-hybridized carbons (Fsp3) is 0.385. The van der Waals surface area contributed by atoms with Crippen molar-refractivity contribution in [3.63, 3.8) is 0 Å². The lowest BCUT2D eigenvalue weighted by Gasteiger charge is -2.31. The van der Waals surface area contributed by atoms with Crippen LogP contribution in [0.2, 0.25) is 0 Å². The second kappa shape index (κ2) is 4.17. The van der Waals surface area contributed by atoms with Crippen molar-refractivity contribution in [2.45, 2.75) is 26.1 Å². The Morgan fingerprint density at radius 2 is 2.22 bits per heavy atom. The van der Waals surface area contributed by atoms with Crippen LogP contribution in [0.4, 0.5) is 0 Å². The molecule has 0 N–H and O–H groups in total. The third-order valence-corrected chi connectivity index (χ3v) is 4.08. The molecule has 1 aromatic heterocycles. The second-order valence-corrected chi connectivity index (χ2v) is 5.79. The van der Waals surface area contributed by atoms with E-state index in [0.29, 0.717) is 18.0 Å². The molecule has 0 radical (unpaired) electrons. The van der Waals surface area contributed by atoms with Crippen LogP contribution >= 0.6 is 15.9 Å². The van der Waals surface area contributed by atoms with E-state index in [2.05, 4.69) is 39.8 Å². The lowest BCUT2D eigenvalue weighted by Crippen LogP contribution is -2.43. The first kappa shape index (κ1) is 11.9. The van der Waals surface area contributed by atoms with Gasteiger partial charge in [0.1, 0.15) is 5.82 Å². The highest BCUT2D eigenvalue weighted by Crippen LogP contribution is 2.19. The summed E-state index contributed by atoms with van der Waals surface area (Å²) in [5, 5.41) is 0.693. The van der Waals surface area contributed by atoms with Gasteiger partial charge in [0.25, 0.3) is 5.56 Å². The average molecular weight is 308 g/mol. The van der Waals surface area contributed by atoms with Crippen molar-refractivity contribution >= 4 is 26.8 Å². The van der Waals surface area contributed by atoms with Crippen molar-refractivity contribution in [1.82, 2.24) is 14.5 Å². The fourth-order valence-corrected chi connectivity index (χ4v) is 2.68. The number of aromatic nitrogens is 2. The summed E-state index contributed by atoms with van der Waals surface area (Å²) in [6.45, 7) is 3.56. The van der Waals surface area contributed by atoms with E-state index in [0.717, 1.165) is 22.4 Å². The molecule has 2 heterocycles. The Balaban J connectivity index is 2.29. The van der Waals surface area contributed by atoms with Crippen LogP contribution in [0.3, 0.4) is 0 Å². The standard InChI is InChI=1S/C13H14BrN3O/c1-8-6-17-12(7-16(8)2)15-11-5-9(14)3-4-10(11)13(17)18/h3-5,8H,6-7H2,1-2H3. The summed E-state index contributed by atoms with van der Waals surface area (Å²) in [5.74, 6) is 0.853. The van der Waals surface area contributed by atoms with Crippen LogP contribution in [0.1, 0.15) is 12.7 Å². The number of hydrogen-bond donors (Lipinski definition) is 0. The fourth-order valence-electron chi connectivity index (χ4n) is 2.33. The van der Waals surface area contributed by atoms with Gasteiger partial charge in [-0.25, -0.2) is 4.98 Å². The number of likely N-dealkylation sites (N-methyl/N-ethyl adjacent to an activating group) is 1. The smallest absolute Gasteiger partial charge is 0.261 e. The number of fused-ring (bicyclic) bond motifs is 2. The molecule has 18 heavy (non-hydrogen) atoms. The van der Waals surface area contributed by atoms with Crippen LogP contribution in [0.25, 0.3) is 10.9 Å². The summed E-state index contributed by atoms with van der Waals surface area (Å²) in [4.78, 5) is 19.3. The first-order valence-corrected chi connectivity index (χ1v) is 6.75. The van der Waals surface area contributed by atoms with E-state index >= 15 is 0 Å². The molecule has 0 saturated carbocycles. The molecule has 1 atom stereocenters. The molecule has 1 aliphatic heterocycles. The summed E-state index contributed by atoms with van der Waals surface area (Å²) < 4.78 is 2.75. The van der Waals surface area contributed by atoms with Gasteiger partial charge < -0.3 is 0 Å². The topological polar surface area (TPSA) is 38.1 Å². The molecule has 1 aromatic carbocycles. The second-order valence-electron chi connectivity index (χ2n) is 4.87. The normalized spacial score (nSPS) is 20.1. The van der Waals surface area contributed by atoms with E-state index in [1.807, 2.05) is 18.2 Å². The molecule has 5 heteroatoms. The Morgan fingerprint density at radius 3 is 3.00 bits per heavy atom. The van der Waals surface area contributed by atoms with E-state index in [1.54, 1.807) is 4.57 Å². The van der Waals surface area contributed by atoms with Gasteiger partial charge in [-0.3, -0.25) is 14.3 Å². The van der Waals surface area contributed by atoms with Crippen molar-refractivity contribution in [2.75, 3.05) is 7.05 Å². The van der Waals surface area contributed by atoms with Gasteiger partial charge in [-0.15, -0.1) is 0 Å². The number of hydrogen-bond acceptors (Lipinski definition) is 3. The summed E-state index contributed by atoms with van der Waals surface area (Å²) >= 11 is 3.42. The number of halogens is 1. The van der Waals surface area contributed by atoms with Crippen molar-refractivity contribution in [2.24, 2.45) is 0 Å². The maximum absolute atomic E-state index is 12.4. The molecule has 0 saturated heterocycles. The van der Waals surface area contributed by atoms with E-state index < -0.39 is 0 Å². The Labute approximate surface area is 113 Å². The number of rotatable bonds is 0. The van der Waals surface area contributed by atoms with Crippen LogP contribution in [0, 0.1) is 0 Å². The zero-order valence-electron chi connectivity index (χ0n) is 10.4. The summed E-state index contributed by atoms with van der Waals surface area (Å²) in [6, 6.07) is 5.99. The first-order valence-electron chi connectivity index (χ1n) is 5.95. The molecule has 2 aromatic rings. The van der Waals surface area contributed by atoms with E-state index in [1.165, 1.54) is 0 Å². The largest absolute Gasteiger partial charge is 0.295 e. The molecule has 0 fully saturated rings. The molecule has 0 aliphatic carbocycles. The third kappa shape index (κ3) is 1.78. The third-order valence-electron chi connectivity index (χ3n) is 3.59. The molecule has 1 unspecified atom stereocenters. The monoisotopic (exact) mass is 307 g/mol. The van der Waals surface area contributed by atoms with Gasteiger partial charge in [-0.1, -0.05) is 15.9 Å². The molecular weight excluding hydrogens is 294 g/mol. The maximum Gasteiger partial charge on any atom is 0.261 e. The van der Waals surface area contributed by atoms with E-state index in [-0.39, 0.29) is 5.56 Å². The predicted octanol–water partition coefficient (Wildman–Crippen LogP) is 1.99. The summed E-state index contributed by atoms with van der Waals surface area (Å²) in [7, 11) is 2.06. The Kier molecular flexibility index (Phi) is 2.75. The van der Waals surface area contributed by atoms with E-state index in [9.17, 15) is 4.79 Å². The highest BCUT2D eigenvalue weighted by molar-refractivity contribution is 9.10. The Morgan fingerprint density at radius 1 is 1.44 bits per heavy atom.